The standard InChI is InChI=1S/C8H12O3/c1-6(9)5-7(10)8-3-2-4-11-8/h8H,2-5H2,1H3/t8-/m1/s1. The number of Topliss-reactive ketones (excluding diaryl/α,β-unsaturated/α-hetero) is 2. The van der Waals surface area contributed by atoms with Crippen LogP contribution in [0.25, 0.3) is 0 Å². The van der Waals surface area contributed by atoms with Gasteiger partial charge in [-0.2, -0.15) is 0 Å². The van der Waals surface area contributed by atoms with Crippen molar-refractivity contribution in [2.24, 2.45) is 0 Å². The average molecular weight is 156 g/mol. The summed E-state index contributed by atoms with van der Waals surface area (Å²) in [4.78, 5) is 21.6. The van der Waals surface area contributed by atoms with Crippen molar-refractivity contribution in [1.82, 2.24) is 0 Å². The van der Waals surface area contributed by atoms with Gasteiger partial charge >= 0.3 is 0 Å². The molecule has 3 heteroatoms. The Morgan fingerprint density at radius 3 is 2.73 bits per heavy atom. The van der Waals surface area contributed by atoms with Gasteiger partial charge in [0.05, 0.1) is 6.42 Å². The van der Waals surface area contributed by atoms with Crippen LogP contribution in [0.2, 0.25) is 0 Å². The van der Waals surface area contributed by atoms with Crippen molar-refractivity contribution in [2.45, 2.75) is 32.3 Å². The van der Waals surface area contributed by atoms with Crippen molar-refractivity contribution in [3.05, 3.63) is 0 Å². The van der Waals surface area contributed by atoms with E-state index >= 15 is 0 Å². The molecule has 0 aromatic carbocycles. The monoisotopic (exact) mass is 156 g/mol. The van der Waals surface area contributed by atoms with Gasteiger partial charge in [-0.3, -0.25) is 9.59 Å². The Bertz CT molecular complexity index is 168. The van der Waals surface area contributed by atoms with Crippen LogP contribution in [0.3, 0.4) is 0 Å². The highest BCUT2D eigenvalue weighted by atomic mass is 16.5. The molecule has 0 radical (unpaired) electrons. The molecule has 0 N–H and O–H groups in total. The van der Waals surface area contributed by atoms with Crippen LogP contribution in [0.15, 0.2) is 0 Å². The van der Waals surface area contributed by atoms with E-state index in [0.29, 0.717) is 6.61 Å². The number of rotatable bonds is 3. The molecule has 0 aromatic rings. The minimum absolute atomic E-state index is 0.0324. The molecule has 0 unspecified atom stereocenters. The fourth-order valence-corrected chi connectivity index (χ4v) is 1.19. The van der Waals surface area contributed by atoms with Crippen molar-refractivity contribution in [1.29, 1.82) is 0 Å². The first-order valence-corrected chi connectivity index (χ1v) is 3.84. The third kappa shape index (κ3) is 2.42. The largest absolute Gasteiger partial charge is 0.370 e. The lowest BCUT2D eigenvalue weighted by Crippen LogP contribution is -2.21. The SMILES string of the molecule is CC(=O)CC(=O)[C@H]1CCCO1. The minimum atomic E-state index is -0.293. The first-order valence-electron chi connectivity index (χ1n) is 3.84. The van der Waals surface area contributed by atoms with Gasteiger partial charge in [-0.25, -0.2) is 0 Å². The van der Waals surface area contributed by atoms with E-state index in [1.165, 1.54) is 6.92 Å². The summed E-state index contributed by atoms with van der Waals surface area (Å²) in [6.07, 6.45) is 1.46. The second-order valence-corrected chi connectivity index (χ2v) is 2.85. The zero-order chi connectivity index (χ0) is 8.27. The molecule has 0 spiro atoms. The zero-order valence-electron chi connectivity index (χ0n) is 6.63. The van der Waals surface area contributed by atoms with Crippen LogP contribution in [0, 0.1) is 0 Å². The minimum Gasteiger partial charge on any atom is -0.370 e. The van der Waals surface area contributed by atoms with Crippen molar-refractivity contribution in [3.8, 4) is 0 Å². The highest BCUT2D eigenvalue weighted by Gasteiger charge is 2.23. The molecule has 62 valence electrons. The van der Waals surface area contributed by atoms with Gasteiger partial charge < -0.3 is 4.74 Å². The molecule has 1 saturated heterocycles. The van der Waals surface area contributed by atoms with E-state index in [4.69, 9.17) is 4.74 Å². The maximum atomic E-state index is 11.1. The first kappa shape index (κ1) is 8.40. The number of ketones is 2. The Balaban J connectivity index is 2.34. The van der Waals surface area contributed by atoms with Gasteiger partial charge in [0.25, 0.3) is 0 Å². The lowest BCUT2D eigenvalue weighted by atomic mass is 10.1. The molecule has 1 aliphatic rings. The van der Waals surface area contributed by atoms with Crippen molar-refractivity contribution >= 4 is 11.6 Å². The fraction of sp³-hybridized carbons (Fsp3) is 0.750. The van der Waals surface area contributed by atoms with Crippen LogP contribution < -0.4 is 0 Å². The summed E-state index contributed by atoms with van der Waals surface area (Å²) < 4.78 is 5.11. The molecule has 1 heterocycles. The molecule has 0 aromatic heterocycles. The number of carbonyl (C=O) groups excluding carboxylic acids is 2. The van der Waals surface area contributed by atoms with Crippen LogP contribution in [-0.2, 0) is 14.3 Å². The highest BCUT2D eigenvalue weighted by molar-refractivity contribution is 6.00. The van der Waals surface area contributed by atoms with Crippen LogP contribution in [0.1, 0.15) is 26.2 Å². The molecule has 1 aliphatic heterocycles. The van der Waals surface area contributed by atoms with E-state index in [0.717, 1.165) is 12.8 Å². The predicted octanol–water partition coefficient (Wildman–Crippen LogP) is 0.714. The summed E-state index contributed by atoms with van der Waals surface area (Å²) in [5.74, 6) is -0.138. The Morgan fingerprint density at radius 2 is 2.27 bits per heavy atom. The van der Waals surface area contributed by atoms with Gasteiger partial charge in [0.15, 0.2) is 5.78 Å². The van der Waals surface area contributed by atoms with Gasteiger partial charge in [0, 0.05) is 6.61 Å². The molecule has 0 amide bonds. The normalized spacial score (nSPS) is 23.5. The van der Waals surface area contributed by atoms with E-state index in [2.05, 4.69) is 0 Å². The van der Waals surface area contributed by atoms with Crippen LogP contribution in [-0.4, -0.2) is 24.3 Å². The Hall–Kier alpha value is -0.700. The van der Waals surface area contributed by atoms with Crippen molar-refractivity contribution < 1.29 is 14.3 Å². The molecule has 0 bridgehead atoms. The van der Waals surface area contributed by atoms with Gasteiger partial charge in [0.1, 0.15) is 11.9 Å². The van der Waals surface area contributed by atoms with E-state index in [-0.39, 0.29) is 24.1 Å². The quantitative estimate of drug-likeness (QED) is 0.565. The van der Waals surface area contributed by atoms with Gasteiger partial charge in [-0.1, -0.05) is 0 Å². The third-order valence-electron chi connectivity index (χ3n) is 1.71. The molecule has 0 saturated carbocycles. The molecular weight excluding hydrogens is 144 g/mol. The summed E-state index contributed by atoms with van der Waals surface area (Å²) >= 11 is 0. The topological polar surface area (TPSA) is 43.4 Å². The van der Waals surface area contributed by atoms with E-state index < -0.39 is 0 Å². The number of ether oxygens (including phenoxy) is 1. The van der Waals surface area contributed by atoms with E-state index in [9.17, 15) is 9.59 Å². The molecule has 1 atom stereocenters. The summed E-state index contributed by atoms with van der Waals surface area (Å²) in [6, 6.07) is 0. The number of hydrogen-bond acceptors (Lipinski definition) is 3. The highest BCUT2D eigenvalue weighted by Crippen LogP contribution is 2.13. The van der Waals surface area contributed by atoms with E-state index in [1.54, 1.807) is 0 Å². The lowest BCUT2D eigenvalue weighted by molar-refractivity contribution is -0.132. The summed E-state index contributed by atoms with van der Waals surface area (Å²) in [5, 5.41) is 0. The second kappa shape index (κ2) is 3.62. The van der Waals surface area contributed by atoms with Crippen LogP contribution >= 0.6 is 0 Å². The number of hydrogen-bond donors (Lipinski definition) is 0. The first-order chi connectivity index (χ1) is 5.20. The molecule has 3 nitrogen and oxygen atoms in total. The molecule has 11 heavy (non-hydrogen) atoms. The molecular formula is C8H12O3. The van der Waals surface area contributed by atoms with Gasteiger partial charge in [-0.15, -0.1) is 0 Å². The zero-order valence-corrected chi connectivity index (χ0v) is 6.63. The smallest absolute Gasteiger partial charge is 0.168 e. The van der Waals surface area contributed by atoms with Crippen LogP contribution in [0.5, 0.6) is 0 Å². The molecule has 1 fully saturated rings. The predicted molar refractivity (Wildman–Crippen MR) is 39.3 cm³/mol. The van der Waals surface area contributed by atoms with Crippen LogP contribution in [0.4, 0.5) is 0 Å². The van der Waals surface area contributed by atoms with Crippen molar-refractivity contribution in [3.63, 3.8) is 0 Å². The maximum absolute atomic E-state index is 11.1. The average Bonchev–Trinajstić information content (AvgIpc) is 2.35. The maximum Gasteiger partial charge on any atom is 0.168 e. The Labute approximate surface area is 65.7 Å². The second-order valence-electron chi connectivity index (χ2n) is 2.85. The van der Waals surface area contributed by atoms with Crippen molar-refractivity contribution in [2.75, 3.05) is 6.61 Å². The number of carbonyl (C=O) groups is 2. The molecule has 0 aliphatic carbocycles. The lowest BCUT2D eigenvalue weighted by Gasteiger charge is -2.04. The van der Waals surface area contributed by atoms with Gasteiger partial charge in [0.2, 0.25) is 0 Å². The van der Waals surface area contributed by atoms with E-state index in [1.807, 2.05) is 0 Å². The third-order valence-corrected chi connectivity index (χ3v) is 1.71. The molecule has 1 rings (SSSR count). The van der Waals surface area contributed by atoms with Gasteiger partial charge in [-0.05, 0) is 19.8 Å². The Kier molecular flexibility index (Phi) is 2.76. The fourth-order valence-electron chi connectivity index (χ4n) is 1.19. The summed E-state index contributed by atoms with van der Waals surface area (Å²) in [6.45, 7) is 2.08. The summed E-state index contributed by atoms with van der Waals surface area (Å²) in [7, 11) is 0. The summed E-state index contributed by atoms with van der Waals surface area (Å²) in [5.41, 5.74) is 0. The Morgan fingerprint density at radius 1 is 1.55 bits per heavy atom.